The van der Waals surface area contributed by atoms with Crippen LogP contribution < -0.4 is 0 Å². The first kappa shape index (κ1) is 18.7. The van der Waals surface area contributed by atoms with Gasteiger partial charge in [0, 0.05) is 9.75 Å². The zero-order chi connectivity index (χ0) is 15.8. The Morgan fingerprint density at radius 3 is 2.19 bits per heavy atom. The summed E-state index contributed by atoms with van der Waals surface area (Å²) in [5.41, 5.74) is 1.47. The highest BCUT2D eigenvalue weighted by Crippen LogP contribution is 2.34. The van der Waals surface area contributed by atoms with Gasteiger partial charge in [-0.25, -0.2) is 0 Å². The number of aryl methyl sites for hydroxylation is 2. The summed E-state index contributed by atoms with van der Waals surface area (Å²) < 4.78 is 0. The van der Waals surface area contributed by atoms with Crippen molar-refractivity contribution >= 4 is 11.3 Å². The van der Waals surface area contributed by atoms with Crippen molar-refractivity contribution in [3.8, 4) is 0 Å². The van der Waals surface area contributed by atoms with E-state index in [4.69, 9.17) is 0 Å². The molecule has 0 spiro atoms. The largest absolute Gasteiger partial charge is 0.145 e. The number of rotatable bonds is 10. The van der Waals surface area contributed by atoms with Crippen molar-refractivity contribution in [2.45, 2.75) is 92.4 Å². The molecular weight excluding hydrogens is 272 g/mol. The standard InChI is InChI=1S/C20H36S/c1-7-8-9-11-15(2)12-10-13-16(3)18(5)20-14-17(4)19(6)21-20/h14-16,18H,7-13H2,1-6H3. The Morgan fingerprint density at radius 2 is 1.62 bits per heavy atom. The van der Waals surface area contributed by atoms with E-state index < -0.39 is 0 Å². The lowest BCUT2D eigenvalue weighted by molar-refractivity contribution is 0.388. The predicted octanol–water partition coefficient (Wildman–Crippen LogP) is 7.49. The minimum absolute atomic E-state index is 0.720. The number of unbranched alkanes of at least 4 members (excludes halogenated alkanes) is 2. The molecule has 122 valence electrons. The lowest BCUT2D eigenvalue weighted by Crippen LogP contribution is -2.06. The van der Waals surface area contributed by atoms with Gasteiger partial charge in [-0.1, -0.05) is 72.6 Å². The fraction of sp³-hybridized carbons (Fsp3) is 0.800. The maximum absolute atomic E-state index is 2.44. The van der Waals surface area contributed by atoms with Crippen molar-refractivity contribution in [3.63, 3.8) is 0 Å². The second kappa shape index (κ2) is 9.66. The molecule has 1 aromatic heterocycles. The fourth-order valence-electron chi connectivity index (χ4n) is 3.03. The molecule has 0 aliphatic carbocycles. The van der Waals surface area contributed by atoms with Gasteiger partial charge in [0.15, 0.2) is 0 Å². The summed E-state index contributed by atoms with van der Waals surface area (Å²) in [5.74, 6) is 2.45. The Bertz CT molecular complexity index is 371. The number of hydrogen-bond acceptors (Lipinski definition) is 1. The van der Waals surface area contributed by atoms with Crippen LogP contribution in [0, 0.1) is 25.7 Å². The highest BCUT2D eigenvalue weighted by molar-refractivity contribution is 7.12. The summed E-state index contributed by atoms with van der Waals surface area (Å²) in [5, 5.41) is 0. The molecule has 21 heavy (non-hydrogen) atoms. The monoisotopic (exact) mass is 308 g/mol. The first-order valence-corrected chi connectivity index (χ1v) is 9.84. The maximum Gasteiger partial charge on any atom is 0.00816 e. The zero-order valence-electron chi connectivity index (χ0n) is 15.2. The molecule has 3 unspecified atom stereocenters. The van der Waals surface area contributed by atoms with E-state index in [1.807, 2.05) is 11.3 Å². The minimum Gasteiger partial charge on any atom is -0.145 e. The second-order valence-electron chi connectivity index (χ2n) is 7.19. The van der Waals surface area contributed by atoms with Gasteiger partial charge in [0.1, 0.15) is 0 Å². The summed E-state index contributed by atoms with van der Waals surface area (Å²) in [6.07, 6.45) is 9.83. The van der Waals surface area contributed by atoms with Crippen LogP contribution in [-0.2, 0) is 0 Å². The van der Waals surface area contributed by atoms with Crippen molar-refractivity contribution < 1.29 is 0 Å². The molecule has 0 N–H and O–H groups in total. The Kier molecular flexibility index (Phi) is 8.63. The highest BCUT2D eigenvalue weighted by Gasteiger charge is 2.17. The SMILES string of the molecule is CCCCCC(C)CCCC(C)C(C)c1cc(C)c(C)s1. The van der Waals surface area contributed by atoms with Crippen LogP contribution in [-0.4, -0.2) is 0 Å². The van der Waals surface area contributed by atoms with Crippen LogP contribution in [0.25, 0.3) is 0 Å². The van der Waals surface area contributed by atoms with Gasteiger partial charge in [-0.2, -0.15) is 0 Å². The molecule has 1 heteroatoms. The topological polar surface area (TPSA) is 0 Å². The van der Waals surface area contributed by atoms with E-state index in [0.717, 1.165) is 17.8 Å². The molecule has 0 radical (unpaired) electrons. The van der Waals surface area contributed by atoms with E-state index in [1.165, 1.54) is 55.4 Å². The van der Waals surface area contributed by atoms with Crippen molar-refractivity contribution in [2.24, 2.45) is 11.8 Å². The zero-order valence-corrected chi connectivity index (χ0v) is 16.0. The molecule has 0 saturated carbocycles. The maximum atomic E-state index is 2.44. The average Bonchev–Trinajstić information content (AvgIpc) is 2.78. The third-order valence-corrected chi connectivity index (χ3v) is 6.50. The summed E-state index contributed by atoms with van der Waals surface area (Å²) in [7, 11) is 0. The first-order chi connectivity index (χ1) is 9.95. The summed E-state index contributed by atoms with van der Waals surface area (Å²) in [6, 6.07) is 2.41. The van der Waals surface area contributed by atoms with Crippen molar-refractivity contribution in [2.75, 3.05) is 0 Å². The molecule has 0 fully saturated rings. The van der Waals surface area contributed by atoms with E-state index >= 15 is 0 Å². The van der Waals surface area contributed by atoms with Crippen LogP contribution in [0.5, 0.6) is 0 Å². The molecule has 0 saturated heterocycles. The summed E-state index contributed by atoms with van der Waals surface area (Å²) >= 11 is 2.00. The number of thiophene rings is 1. The molecular formula is C20H36S. The molecule has 0 amide bonds. The van der Waals surface area contributed by atoms with Gasteiger partial charge >= 0.3 is 0 Å². The van der Waals surface area contributed by atoms with E-state index in [2.05, 4.69) is 47.6 Å². The highest BCUT2D eigenvalue weighted by atomic mass is 32.1. The Balaban J connectivity index is 2.28. The van der Waals surface area contributed by atoms with Gasteiger partial charge in [-0.3, -0.25) is 0 Å². The van der Waals surface area contributed by atoms with Crippen LogP contribution in [0.1, 0.15) is 93.9 Å². The molecule has 0 aromatic carbocycles. The van der Waals surface area contributed by atoms with Crippen molar-refractivity contribution in [3.05, 3.63) is 21.4 Å². The van der Waals surface area contributed by atoms with Crippen LogP contribution in [0.4, 0.5) is 0 Å². The van der Waals surface area contributed by atoms with Gasteiger partial charge in [0.2, 0.25) is 0 Å². The van der Waals surface area contributed by atoms with E-state index in [0.29, 0.717) is 0 Å². The smallest absolute Gasteiger partial charge is 0.00816 e. The Labute approximate surface area is 137 Å². The molecule has 0 aliphatic heterocycles. The van der Waals surface area contributed by atoms with Crippen LogP contribution in [0.2, 0.25) is 0 Å². The van der Waals surface area contributed by atoms with E-state index in [-0.39, 0.29) is 0 Å². The molecule has 1 aromatic rings. The van der Waals surface area contributed by atoms with E-state index in [9.17, 15) is 0 Å². The third-order valence-electron chi connectivity index (χ3n) is 5.14. The fourth-order valence-corrected chi connectivity index (χ4v) is 4.26. The third kappa shape index (κ3) is 6.55. The van der Waals surface area contributed by atoms with Crippen molar-refractivity contribution in [1.29, 1.82) is 0 Å². The van der Waals surface area contributed by atoms with Crippen LogP contribution in [0.15, 0.2) is 6.07 Å². The average molecular weight is 309 g/mol. The normalized spacial score (nSPS) is 15.9. The quantitative estimate of drug-likeness (QED) is 0.393. The second-order valence-corrected chi connectivity index (χ2v) is 8.47. The minimum atomic E-state index is 0.720. The van der Waals surface area contributed by atoms with Gasteiger partial charge < -0.3 is 0 Å². The molecule has 3 atom stereocenters. The van der Waals surface area contributed by atoms with Crippen LogP contribution in [0.3, 0.4) is 0 Å². The summed E-state index contributed by atoms with van der Waals surface area (Å²) in [4.78, 5) is 3.09. The molecule has 0 aliphatic rings. The van der Waals surface area contributed by atoms with Gasteiger partial charge in [-0.05, 0) is 43.2 Å². The molecule has 1 rings (SSSR count). The molecule has 0 bridgehead atoms. The van der Waals surface area contributed by atoms with E-state index in [1.54, 1.807) is 4.88 Å². The number of hydrogen-bond donors (Lipinski definition) is 0. The lowest BCUT2D eigenvalue weighted by Gasteiger charge is -2.20. The van der Waals surface area contributed by atoms with Gasteiger partial charge in [0.05, 0.1) is 0 Å². The van der Waals surface area contributed by atoms with Gasteiger partial charge in [0.25, 0.3) is 0 Å². The van der Waals surface area contributed by atoms with Gasteiger partial charge in [-0.15, -0.1) is 11.3 Å². The lowest BCUT2D eigenvalue weighted by atomic mass is 9.87. The van der Waals surface area contributed by atoms with Crippen LogP contribution >= 0.6 is 11.3 Å². The molecule has 0 nitrogen and oxygen atoms in total. The molecule has 1 heterocycles. The summed E-state index contributed by atoms with van der Waals surface area (Å²) in [6.45, 7) is 14.1. The van der Waals surface area contributed by atoms with Crippen molar-refractivity contribution in [1.82, 2.24) is 0 Å². The Hall–Kier alpha value is -0.300. The Morgan fingerprint density at radius 1 is 0.952 bits per heavy atom. The first-order valence-electron chi connectivity index (χ1n) is 9.02. The predicted molar refractivity (Wildman–Crippen MR) is 98.5 cm³/mol.